The number of benzene rings is 2. The van der Waals surface area contributed by atoms with Gasteiger partial charge in [0, 0.05) is 28.9 Å². The zero-order valence-corrected chi connectivity index (χ0v) is 16.0. The molecule has 2 N–H and O–H groups in total. The lowest BCUT2D eigenvalue weighted by molar-refractivity contribution is 0.0520. The number of nitrogens with zero attached hydrogens (tertiary/aromatic N) is 1. The zero-order valence-electron chi connectivity index (χ0n) is 16.0. The normalized spacial score (nSPS) is 12.4. The van der Waals surface area contributed by atoms with Crippen molar-refractivity contribution in [2.45, 2.75) is 26.4 Å². The van der Waals surface area contributed by atoms with Gasteiger partial charge in [-0.3, -0.25) is 0 Å². The maximum atomic E-state index is 12.1. The number of aromatic nitrogens is 2. The van der Waals surface area contributed by atoms with Crippen molar-refractivity contribution < 1.29 is 9.53 Å². The van der Waals surface area contributed by atoms with E-state index in [0.717, 1.165) is 28.4 Å². The molecule has 2 aromatic heterocycles. The van der Waals surface area contributed by atoms with Crippen LogP contribution in [-0.2, 0) is 11.3 Å². The van der Waals surface area contributed by atoms with Gasteiger partial charge in [-0.2, -0.15) is 0 Å². The minimum Gasteiger partial charge on any atom is -0.461 e. The molecule has 0 aliphatic heterocycles. The largest absolute Gasteiger partial charge is 0.461 e. The van der Waals surface area contributed by atoms with E-state index in [4.69, 9.17) is 4.74 Å². The minimum absolute atomic E-state index is 0.235. The minimum atomic E-state index is -0.396. The fraction of sp³-hybridized carbons (Fsp3) is 0.217. The maximum Gasteiger partial charge on any atom is 0.356 e. The van der Waals surface area contributed by atoms with Crippen LogP contribution in [0.1, 0.15) is 41.5 Å². The first-order valence-electron chi connectivity index (χ1n) is 9.52. The van der Waals surface area contributed by atoms with Crippen molar-refractivity contribution in [3.8, 4) is 0 Å². The number of nitrogens with one attached hydrogen (secondary N) is 2. The third-order valence-electron chi connectivity index (χ3n) is 4.98. The standard InChI is InChI=1S/C23H23N3O2/c1-3-28-23(27)20-12-18-21(14-25-20)26-19-11-7-10-17(22(18)19)13-24-15(2)16-8-5-4-6-9-16/h4-12,14-15,24,26H,3,13H2,1-2H3. The van der Waals surface area contributed by atoms with Gasteiger partial charge in [-0.05, 0) is 37.1 Å². The summed E-state index contributed by atoms with van der Waals surface area (Å²) in [7, 11) is 0. The van der Waals surface area contributed by atoms with Gasteiger partial charge in [-0.15, -0.1) is 0 Å². The number of hydrogen-bond donors (Lipinski definition) is 2. The van der Waals surface area contributed by atoms with E-state index in [9.17, 15) is 4.79 Å². The molecule has 4 rings (SSSR count). The van der Waals surface area contributed by atoms with Crippen molar-refractivity contribution in [3.05, 3.63) is 77.6 Å². The third-order valence-corrected chi connectivity index (χ3v) is 4.98. The molecule has 0 spiro atoms. The predicted molar refractivity (Wildman–Crippen MR) is 111 cm³/mol. The molecule has 4 aromatic rings. The Morgan fingerprint density at radius 1 is 1.14 bits per heavy atom. The number of pyridine rings is 1. The Hall–Kier alpha value is -3.18. The number of ether oxygens (including phenoxy) is 1. The second kappa shape index (κ2) is 7.82. The Balaban J connectivity index is 1.69. The number of hydrogen-bond acceptors (Lipinski definition) is 4. The maximum absolute atomic E-state index is 12.1. The molecule has 0 radical (unpaired) electrons. The average molecular weight is 373 g/mol. The highest BCUT2D eigenvalue weighted by atomic mass is 16.5. The summed E-state index contributed by atoms with van der Waals surface area (Å²) in [6.07, 6.45) is 1.70. The van der Waals surface area contributed by atoms with Gasteiger partial charge in [-0.25, -0.2) is 9.78 Å². The van der Waals surface area contributed by atoms with E-state index in [0.29, 0.717) is 12.3 Å². The van der Waals surface area contributed by atoms with Crippen molar-refractivity contribution in [3.63, 3.8) is 0 Å². The molecule has 5 nitrogen and oxygen atoms in total. The van der Waals surface area contributed by atoms with Crippen LogP contribution in [0.5, 0.6) is 0 Å². The Morgan fingerprint density at radius 2 is 1.96 bits per heavy atom. The summed E-state index contributed by atoms with van der Waals surface area (Å²) >= 11 is 0. The molecule has 28 heavy (non-hydrogen) atoms. The van der Waals surface area contributed by atoms with Crippen LogP contribution < -0.4 is 5.32 Å². The number of H-pyrrole nitrogens is 1. The molecule has 0 bridgehead atoms. The molecule has 2 aromatic carbocycles. The number of esters is 1. The summed E-state index contributed by atoms with van der Waals surface area (Å²) in [5.41, 5.74) is 4.70. The van der Waals surface area contributed by atoms with Gasteiger partial charge in [0.05, 0.1) is 18.3 Å². The molecular formula is C23H23N3O2. The van der Waals surface area contributed by atoms with E-state index in [2.05, 4.69) is 52.5 Å². The molecule has 1 unspecified atom stereocenters. The number of carbonyl (C=O) groups is 1. The van der Waals surface area contributed by atoms with E-state index >= 15 is 0 Å². The van der Waals surface area contributed by atoms with E-state index in [1.165, 1.54) is 11.1 Å². The monoisotopic (exact) mass is 373 g/mol. The molecule has 0 saturated heterocycles. The van der Waals surface area contributed by atoms with E-state index in [-0.39, 0.29) is 6.04 Å². The van der Waals surface area contributed by atoms with E-state index < -0.39 is 5.97 Å². The molecular weight excluding hydrogens is 350 g/mol. The predicted octanol–water partition coefficient (Wildman–Crippen LogP) is 4.74. The van der Waals surface area contributed by atoms with Crippen LogP contribution in [0.25, 0.3) is 21.8 Å². The van der Waals surface area contributed by atoms with Crippen LogP contribution in [0, 0.1) is 0 Å². The van der Waals surface area contributed by atoms with Crippen molar-refractivity contribution >= 4 is 27.8 Å². The highest BCUT2D eigenvalue weighted by Gasteiger charge is 2.14. The van der Waals surface area contributed by atoms with Gasteiger partial charge in [0.15, 0.2) is 0 Å². The first-order chi connectivity index (χ1) is 13.7. The smallest absolute Gasteiger partial charge is 0.356 e. The number of rotatable bonds is 6. The van der Waals surface area contributed by atoms with Crippen molar-refractivity contribution in [2.24, 2.45) is 0 Å². The SMILES string of the molecule is CCOC(=O)c1cc2c(cn1)[nH]c1cccc(CNC(C)c3ccccc3)c12. The van der Waals surface area contributed by atoms with Crippen LogP contribution in [-0.4, -0.2) is 22.5 Å². The van der Waals surface area contributed by atoms with Gasteiger partial charge in [0.1, 0.15) is 5.69 Å². The van der Waals surface area contributed by atoms with Gasteiger partial charge < -0.3 is 15.0 Å². The lowest BCUT2D eigenvalue weighted by Gasteiger charge is -2.15. The number of carbonyl (C=O) groups excluding carboxylic acids is 1. The molecule has 0 aliphatic carbocycles. The molecule has 5 heteroatoms. The molecule has 0 fully saturated rings. The summed E-state index contributed by atoms with van der Waals surface area (Å²) in [5, 5.41) is 5.69. The lowest BCUT2D eigenvalue weighted by Crippen LogP contribution is -2.18. The Morgan fingerprint density at radius 3 is 2.75 bits per heavy atom. The summed E-state index contributed by atoms with van der Waals surface area (Å²) in [5.74, 6) is -0.396. The van der Waals surface area contributed by atoms with E-state index in [1.807, 2.05) is 24.3 Å². The molecule has 2 heterocycles. The van der Waals surface area contributed by atoms with Gasteiger partial charge in [0.25, 0.3) is 0 Å². The molecule has 0 aliphatic rings. The van der Waals surface area contributed by atoms with Crippen LogP contribution in [0.4, 0.5) is 0 Å². The molecule has 142 valence electrons. The van der Waals surface area contributed by atoms with Crippen molar-refractivity contribution in [1.29, 1.82) is 0 Å². The van der Waals surface area contributed by atoms with Gasteiger partial charge in [0.2, 0.25) is 0 Å². The number of aromatic amines is 1. The van der Waals surface area contributed by atoms with Crippen molar-refractivity contribution in [1.82, 2.24) is 15.3 Å². The van der Waals surface area contributed by atoms with Crippen molar-refractivity contribution in [2.75, 3.05) is 6.61 Å². The second-order valence-electron chi connectivity index (χ2n) is 6.81. The van der Waals surface area contributed by atoms with Gasteiger partial charge >= 0.3 is 5.97 Å². The highest BCUT2D eigenvalue weighted by molar-refractivity contribution is 6.10. The Labute approximate surface area is 163 Å². The third kappa shape index (κ3) is 3.49. The molecule has 0 saturated carbocycles. The number of fused-ring (bicyclic) bond motifs is 3. The van der Waals surface area contributed by atoms with Crippen LogP contribution in [0.15, 0.2) is 60.8 Å². The first kappa shape index (κ1) is 18.2. The Kier molecular flexibility index (Phi) is 5.08. The van der Waals surface area contributed by atoms with Crippen LogP contribution in [0.2, 0.25) is 0 Å². The molecule has 1 atom stereocenters. The summed E-state index contributed by atoms with van der Waals surface area (Å²) in [6.45, 7) is 5.00. The first-order valence-corrected chi connectivity index (χ1v) is 9.52. The lowest BCUT2D eigenvalue weighted by atomic mass is 10.0. The summed E-state index contributed by atoms with van der Waals surface area (Å²) in [6, 6.07) is 18.6. The fourth-order valence-electron chi connectivity index (χ4n) is 3.52. The fourth-order valence-corrected chi connectivity index (χ4v) is 3.52. The summed E-state index contributed by atoms with van der Waals surface area (Å²) in [4.78, 5) is 19.7. The highest BCUT2D eigenvalue weighted by Crippen LogP contribution is 2.29. The van der Waals surface area contributed by atoms with E-state index in [1.54, 1.807) is 13.1 Å². The summed E-state index contributed by atoms with van der Waals surface area (Å²) < 4.78 is 5.10. The quantitative estimate of drug-likeness (QED) is 0.479. The average Bonchev–Trinajstić information content (AvgIpc) is 3.11. The van der Waals surface area contributed by atoms with Gasteiger partial charge in [-0.1, -0.05) is 42.5 Å². The molecule has 0 amide bonds. The van der Waals surface area contributed by atoms with Crippen LogP contribution >= 0.6 is 0 Å². The topological polar surface area (TPSA) is 67.0 Å². The second-order valence-corrected chi connectivity index (χ2v) is 6.81. The van der Waals surface area contributed by atoms with Crippen LogP contribution in [0.3, 0.4) is 0 Å². The zero-order chi connectivity index (χ0) is 19.5. The Bertz CT molecular complexity index is 1120.